The number of nitrogens with zero attached hydrogens (tertiary/aromatic N) is 1. The first-order chi connectivity index (χ1) is 9.69. The molecule has 0 fully saturated rings. The van der Waals surface area contributed by atoms with Gasteiger partial charge in [-0.25, -0.2) is 4.98 Å². The molecule has 1 aliphatic rings. The van der Waals surface area contributed by atoms with Gasteiger partial charge in [0.25, 0.3) is 5.56 Å². The van der Waals surface area contributed by atoms with Gasteiger partial charge in [0.15, 0.2) is 0 Å². The van der Waals surface area contributed by atoms with Crippen LogP contribution in [0.5, 0.6) is 0 Å². The van der Waals surface area contributed by atoms with E-state index >= 15 is 0 Å². The highest BCUT2D eigenvalue weighted by Crippen LogP contribution is 2.32. The number of aromatic amines is 1. The number of nitrogens with one attached hydrogen (secondary N) is 1. The molecule has 20 heavy (non-hydrogen) atoms. The monoisotopic (exact) mass is 332 g/mol. The third-order valence-electron chi connectivity index (χ3n) is 3.87. The van der Waals surface area contributed by atoms with Gasteiger partial charge < -0.3 is 4.98 Å². The van der Waals surface area contributed by atoms with Crippen LogP contribution in [0.1, 0.15) is 41.9 Å². The highest BCUT2D eigenvalue weighted by atomic mass is 79.9. The van der Waals surface area contributed by atoms with Crippen LogP contribution in [0.3, 0.4) is 0 Å². The van der Waals surface area contributed by atoms with Crippen molar-refractivity contribution in [2.24, 2.45) is 0 Å². The van der Waals surface area contributed by atoms with Gasteiger partial charge in [-0.2, -0.15) is 0 Å². The van der Waals surface area contributed by atoms with Crippen molar-refractivity contribution in [3.63, 3.8) is 0 Å². The second-order valence-electron chi connectivity index (χ2n) is 5.34. The van der Waals surface area contributed by atoms with Crippen LogP contribution in [0.15, 0.2) is 33.5 Å². The quantitative estimate of drug-likeness (QED) is 0.936. The number of H-pyrrole nitrogens is 1. The molecule has 1 aromatic heterocycles. The molecule has 1 heterocycles. The predicted octanol–water partition coefficient (Wildman–Crippen LogP) is 3.37. The van der Waals surface area contributed by atoms with Crippen molar-refractivity contribution in [1.29, 1.82) is 0 Å². The van der Waals surface area contributed by atoms with Gasteiger partial charge >= 0.3 is 0 Å². The first-order valence-corrected chi connectivity index (χ1v) is 7.83. The highest BCUT2D eigenvalue weighted by Gasteiger charge is 2.25. The first-order valence-electron chi connectivity index (χ1n) is 7.04. The molecule has 0 radical (unpaired) electrons. The van der Waals surface area contributed by atoms with Crippen molar-refractivity contribution >= 4 is 15.9 Å². The van der Waals surface area contributed by atoms with Crippen LogP contribution in [0.25, 0.3) is 0 Å². The number of rotatable bonds is 3. The average Bonchev–Trinajstić information content (AvgIpc) is 2.87. The second-order valence-corrected chi connectivity index (χ2v) is 6.13. The molecule has 0 bridgehead atoms. The largest absolute Gasteiger partial charge is 0.309 e. The number of hydrogen-bond donors (Lipinski definition) is 1. The minimum absolute atomic E-state index is 0.0607. The van der Waals surface area contributed by atoms with E-state index in [1.807, 2.05) is 0 Å². The van der Waals surface area contributed by atoms with Crippen molar-refractivity contribution in [1.82, 2.24) is 9.97 Å². The zero-order valence-corrected chi connectivity index (χ0v) is 13.0. The van der Waals surface area contributed by atoms with E-state index in [1.165, 1.54) is 11.1 Å². The number of halogens is 1. The Morgan fingerprint density at radius 3 is 2.55 bits per heavy atom. The summed E-state index contributed by atoms with van der Waals surface area (Å²) in [5.41, 5.74) is 3.57. The smallest absolute Gasteiger partial charge is 0.265 e. The fraction of sp³-hybridized carbons (Fsp3) is 0.375. The lowest BCUT2D eigenvalue weighted by Crippen LogP contribution is -2.18. The third-order valence-corrected chi connectivity index (χ3v) is 4.69. The van der Waals surface area contributed by atoms with E-state index < -0.39 is 0 Å². The Balaban J connectivity index is 1.95. The van der Waals surface area contributed by atoms with Crippen LogP contribution in [-0.4, -0.2) is 9.97 Å². The number of aryl methyl sites for hydroxylation is 1. The molecule has 0 saturated carbocycles. The van der Waals surface area contributed by atoms with E-state index in [0.717, 1.165) is 37.2 Å². The summed E-state index contributed by atoms with van der Waals surface area (Å²) in [5.74, 6) is 1.13. The lowest BCUT2D eigenvalue weighted by Gasteiger charge is -2.11. The lowest BCUT2D eigenvalue weighted by atomic mass is 10.1. The van der Waals surface area contributed by atoms with Crippen molar-refractivity contribution in [2.75, 3.05) is 0 Å². The van der Waals surface area contributed by atoms with Crippen LogP contribution >= 0.6 is 15.9 Å². The summed E-state index contributed by atoms with van der Waals surface area (Å²) >= 11 is 3.35. The second kappa shape index (κ2) is 5.52. The molecule has 104 valence electrons. The van der Waals surface area contributed by atoms with E-state index in [0.29, 0.717) is 10.4 Å². The number of aromatic nitrogens is 2. The molecular formula is C16H17BrN2O. The number of fused-ring (bicyclic) bond motifs is 1. The van der Waals surface area contributed by atoms with Crippen molar-refractivity contribution in [2.45, 2.75) is 38.5 Å². The molecule has 2 aromatic rings. The summed E-state index contributed by atoms with van der Waals surface area (Å²) < 4.78 is 0.582. The van der Waals surface area contributed by atoms with Crippen LogP contribution in [0.4, 0.5) is 0 Å². The van der Waals surface area contributed by atoms with E-state index in [2.05, 4.69) is 57.1 Å². The van der Waals surface area contributed by atoms with Gasteiger partial charge in [-0.1, -0.05) is 37.6 Å². The molecule has 1 aliphatic carbocycles. The molecule has 0 atom stereocenters. The Morgan fingerprint density at radius 2 is 1.95 bits per heavy atom. The van der Waals surface area contributed by atoms with Gasteiger partial charge in [-0.05, 0) is 46.3 Å². The van der Waals surface area contributed by atoms with Gasteiger partial charge in [-0.3, -0.25) is 4.79 Å². The number of hydrogen-bond acceptors (Lipinski definition) is 2. The molecule has 0 saturated heterocycles. The van der Waals surface area contributed by atoms with Gasteiger partial charge in [0.05, 0.1) is 5.69 Å². The van der Waals surface area contributed by atoms with Crippen LogP contribution in [0, 0.1) is 0 Å². The summed E-state index contributed by atoms with van der Waals surface area (Å²) in [6.45, 7) is 2.10. The van der Waals surface area contributed by atoms with Gasteiger partial charge in [-0.15, -0.1) is 0 Å². The van der Waals surface area contributed by atoms with Crippen molar-refractivity contribution in [3.8, 4) is 0 Å². The molecule has 1 N–H and O–H groups in total. The Hall–Kier alpha value is -1.42. The lowest BCUT2D eigenvalue weighted by molar-refractivity contribution is 0.664. The predicted molar refractivity (Wildman–Crippen MR) is 83.1 cm³/mol. The van der Waals surface area contributed by atoms with Crippen LogP contribution in [-0.2, 0) is 19.3 Å². The maximum Gasteiger partial charge on any atom is 0.265 e. The molecule has 3 rings (SSSR count). The normalized spacial score (nSPS) is 14.5. The van der Waals surface area contributed by atoms with E-state index in [4.69, 9.17) is 0 Å². The van der Waals surface area contributed by atoms with Gasteiger partial charge in [0, 0.05) is 5.92 Å². The van der Waals surface area contributed by atoms with Gasteiger partial charge in [0.1, 0.15) is 10.3 Å². The maximum absolute atomic E-state index is 12.0. The number of benzene rings is 1. The molecule has 0 amide bonds. The van der Waals surface area contributed by atoms with E-state index in [9.17, 15) is 4.79 Å². The third kappa shape index (κ3) is 2.44. The zero-order chi connectivity index (χ0) is 14.1. The Morgan fingerprint density at radius 1 is 1.30 bits per heavy atom. The van der Waals surface area contributed by atoms with Crippen LogP contribution < -0.4 is 5.56 Å². The SMILES string of the molecule is CCCc1nc(C2Cc3ccccc3C2)[nH]c(=O)c1Br. The molecule has 4 heteroatoms. The highest BCUT2D eigenvalue weighted by molar-refractivity contribution is 9.10. The van der Waals surface area contributed by atoms with Crippen LogP contribution in [0.2, 0.25) is 0 Å². The molecule has 3 nitrogen and oxygen atoms in total. The molecule has 0 aliphatic heterocycles. The average molecular weight is 333 g/mol. The summed E-state index contributed by atoms with van der Waals surface area (Å²) in [4.78, 5) is 19.6. The fourth-order valence-corrected chi connectivity index (χ4v) is 3.26. The first kappa shape index (κ1) is 13.6. The van der Waals surface area contributed by atoms with Crippen molar-refractivity contribution in [3.05, 3.63) is 61.7 Å². The van der Waals surface area contributed by atoms with E-state index in [1.54, 1.807) is 0 Å². The zero-order valence-electron chi connectivity index (χ0n) is 11.4. The Kier molecular flexibility index (Phi) is 3.74. The fourth-order valence-electron chi connectivity index (χ4n) is 2.87. The molecule has 0 spiro atoms. The summed E-state index contributed by atoms with van der Waals surface area (Å²) in [5, 5.41) is 0. The molecule has 1 aromatic carbocycles. The summed E-state index contributed by atoms with van der Waals surface area (Å²) in [7, 11) is 0. The standard InChI is InChI=1S/C16H17BrN2O/c1-2-5-13-14(17)16(20)19-15(18-13)12-8-10-6-3-4-7-11(10)9-12/h3-4,6-7,12H,2,5,8-9H2,1H3,(H,18,19,20). The minimum Gasteiger partial charge on any atom is -0.309 e. The Bertz CT molecular complexity index is 668. The minimum atomic E-state index is -0.0607. The Labute approximate surface area is 126 Å². The topological polar surface area (TPSA) is 45.8 Å². The molecular weight excluding hydrogens is 316 g/mol. The molecule has 0 unspecified atom stereocenters. The van der Waals surface area contributed by atoms with E-state index in [-0.39, 0.29) is 5.56 Å². The van der Waals surface area contributed by atoms with Crippen molar-refractivity contribution < 1.29 is 0 Å². The van der Waals surface area contributed by atoms with Gasteiger partial charge in [0.2, 0.25) is 0 Å². The summed E-state index contributed by atoms with van der Waals surface area (Å²) in [6.07, 6.45) is 3.75. The summed E-state index contributed by atoms with van der Waals surface area (Å²) in [6, 6.07) is 8.47. The maximum atomic E-state index is 12.0.